The van der Waals surface area contributed by atoms with Gasteiger partial charge in [-0.05, 0) is 26.0 Å². The van der Waals surface area contributed by atoms with Crippen molar-refractivity contribution in [2.24, 2.45) is 0 Å². The zero-order valence-electron chi connectivity index (χ0n) is 13.4. The van der Waals surface area contributed by atoms with Gasteiger partial charge in [0, 0.05) is 33.2 Å². The van der Waals surface area contributed by atoms with Crippen molar-refractivity contribution in [3.63, 3.8) is 0 Å². The average molecular weight is 298 g/mol. The van der Waals surface area contributed by atoms with Gasteiger partial charge in [-0.3, -0.25) is 4.90 Å². The van der Waals surface area contributed by atoms with E-state index in [0.717, 1.165) is 31.9 Å². The minimum Gasteiger partial charge on any atom is -0.373 e. The molecule has 0 spiro atoms. The SMILES string of the molecule is C[C@@H]1CN(CCN(C)c2c(C#N)cccc2C#N)C[C@H](C)O1. The summed E-state index contributed by atoms with van der Waals surface area (Å²) in [7, 11) is 1.93. The molecule has 2 rings (SSSR count). The monoisotopic (exact) mass is 298 g/mol. The molecule has 0 saturated carbocycles. The number of nitrogens with zero attached hydrogens (tertiary/aromatic N) is 4. The summed E-state index contributed by atoms with van der Waals surface area (Å²) in [6.45, 7) is 7.68. The van der Waals surface area contributed by atoms with Crippen LogP contribution in [0.1, 0.15) is 25.0 Å². The third-order valence-corrected chi connectivity index (χ3v) is 3.91. The topological polar surface area (TPSA) is 63.3 Å². The zero-order valence-corrected chi connectivity index (χ0v) is 13.4. The number of nitriles is 2. The highest BCUT2D eigenvalue weighted by molar-refractivity contribution is 5.67. The molecule has 1 heterocycles. The Balaban J connectivity index is 2.06. The van der Waals surface area contributed by atoms with Crippen molar-refractivity contribution in [1.29, 1.82) is 10.5 Å². The van der Waals surface area contributed by atoms with Gasteiger partial charge in [-0.15, -0.1) is 0 Å². The number of rotatable bonds is 4. The van der Waals surface area contributed by atoms with E-state index < -0.39 is 0 Å². The number of anilines is 1. The van der Waals surface area contributed by atoms with E-state index >= 15 is 0 Å². The first kappa shape index (κ1) is 16.3. The molecule has 1 aliphatic heterocycles. The summed E-state index contributed by atoms with van der Waals surface area (Å²) in [6, 6.07) is 9.61. The van der Waals surface area contributed by atoms with Gasteiger partial charge >= 0.3 is 0 Å². The van der Waals surface area contributed by atoms with Gasteiger partial charge in [-0.25, -0.2) is 0 Å². The van der Waals surface area contributed by atoms with E-state index in [9.17, 15) is 10.5 Å². The Morgan fingerprint density at radius 2 is 1.73 bits per heavy atom. The van der Waals surface area contributed by atoms with E-state index in [1.807, 2.05) is 11.9 Å². The van der Waals surface area contributed by atoms with Gasteiger partial charge in [-0.2, -0.15) is 10.5 Å². The van der Waals surface area contributed by atoms with E-state index in [1.54, 1.807) is 18.2 Å². The fraction of sp³-hybridized carbons (Fsp3) is 0.529. The van der Waals surface area contributed by atoms with Crippen LogP contribution in [0.5, 0.6) is 0 Å². The van der Waals surface area contributed by atoms with Crippen LogP contribution in [0.25, 0.3) is 0 Å². The molecule has 22 heavy (non-hydrogen) atoms. The summed E-state index contributed by atoms with van der Waals surface area (Å²) < 4.78 is 5.74. The highest BCUT2D eigenvalue weighted by Crippen LogP contribution is 2.23. The molecule has 1 aliphatic rings. The van der Waals surface area contributed by atoms with Crippen LogP contribution in [-0.2, 0) is 4.74 Å². The lowest BCUT2D eigenvalue weighted by Crippen LogP contribution is -2.47. The van der Waals surface area contributed by atoms with Crippen LogP contribution < -0.4 is 4.90 Å². The molecular weight excluding hydrogens is 276 g/mol. The second-order valence-electron chi connectivity index (χ2n) is 5.86. The first-order chi connectivity index (χ1) is 10.5. The summed E-state index contributed by atoms with van der Waals surface area (Å²) in [5, 5.41) is 18.5. The molecule has 1 aromatic carbocycles. The maximum Gasteiger partial charge on any atom is 0.101 e. The summed E-state index contributed by atoms with van der Waals surface area (Å²) >= 11 is 0. The molecule has 5 heteroatoms. The van der Waals surface area contributed by atoms with Crippen LogP contribution in [0.15, 0.2) is 18.2 Å². The molecule has 0 aliphatic carbocycles. The molecule has 0 N–H and O–H groups in total. The Hall–Kier alpha value is -2.08. The Morgan fingerprint density at radius 1 is 1.18 bits per heavy atom. The van der Waals surface area contributed by atoms with Crippen molar-refractivity contribution < 1.29 is 4.74 Å². The van der Waals surface area contributed by atoms with Crippen molar-refractivity contribution in [3.8, 4) is 12.1 Å². The van der Waals surface area contributed by atoms with Crippen LogP contribution in [0.3, 0.4) is 0 Å². The summed E-state index contributed by atoms with van der Waals surface area (Å²) in [4.78, 5) is 4.37. The van der Waals surface area contributed by atoms with Gasteiger partial charge in [0.05, 0.1) is 29.0 Å². The molecule has 1 saturated heterocycles. The molecular formula is C17H22N4O. The molecule has 1 aromatic rings. The maximum atomic E-state index is 9.26. The number of ether oxygens (including phenoxy) is 1. The lowest BCUT2D eigenvalue weighted by molar-refractivity contribution is -0.0670. The van der Waals surface area contributed by atoms with Crippen molar-refractivity contribution in [2.75, 3.05) is 38.1 Å². The maximum absolute atomic E-state index is 9.26. The molecule has 116 valence electrons. The lowest BCUT2D eigenvalue weighted by Gasteiger charge is -2.36. The number of para-hydroxylation sites is 1. The van der Waals surface area contributed by atoms with Gasteiger partial charge in [0.25, 0.3) is 0 Å². The molecule has 0 bridgehead atoms. The Morgan fingerprint density at radius 3 is 2.23 bits per heavy atom. The quantitative estimate of drug-likeness (QED) is 0.850. The fourth-order valence-electron chi connectivity index (χ4n) is 3.01. The van der Waals surface area contributed by atoms with Gasteiger partial charge in [0.2, 0.25) is 0 Å². The number of benzene rings is 1. The van der Waals surface area contributed by atoms with Crippen molar-refractivity contribution in [1.82, 2.24) is 4.90 Å². The number of hydrogen-bond acceptors (Lipinski definition) is 5. The van der Waals surface area contributed by atoms with Gasteiger partial charge in [-0.1, -0.05) is 6.07 Å². The van der Waals surface area contributed by atoms with Crippen molar-refractivity contribution >= 4 is 5.69 Å². The molecule has 2 atom stereocenters. The van der Waals surface area contributed by atoms with E-state index in [0.29, 0.717) is 11.1 Å². The van der Waals surface area contributed by atoms with Crippen LogP contribution in [0.4, 0.5) is 5.69 Å². The summed E-state index contributed by atoms with van der Waals surface area (Å²) in [5.74, 6) is 0. The van der Waals surface area contributed by atoms with Gasteiger partial charge in [0.1, 0.15) is 12.1 Å². The third kappa shape index (κ3) is 3.76. The van der Waals surface area contributed by atoms with E-state index in [4.69, 9.17) is 4.74 Å². The molecule has 1 fully saturated rings. The Kier molecular flexibility index (Phi) is 5.38. The molecule has 0 aromatic heterocycles. The summed E-state index contributed by atoms with van der Waals surface area (Å²) in [6.07, 6.45) is 0.491. The van der Waals surface area contributed by atoms with Gasteiger partial charge < -0.3 is 9.64 Å². The zero-order chi connectivity index (χ0) is 16.1. The minimum atomic E-state index is 0.245. The predicted octanol–water partition coefficient (Wildman–Crippen LogP) is 1.98. The third-order valence-electron chi connectivity index (χ3n) is 3.91. The van der Waals surface area contributed by atoms with Crippen molar-refractivity contribution in [2.45, 2.75) is 26.1 Å². The van der Waals surface area contributed by atoms with E-state index in [2.05, 4.69) is 30.9 Å². The first-order valence-corrected chi connectivity index (χ1v) is 7.57. The Labute approximate surface area is 132 Å². The average Bonchev–Trinajstić information content (AvgIpc) is 2.50. The largest absolute Gasteiger partial charge is 0.373 e. The normalized spacial score (nSPS) is 21.9. The summed E-state index contributed by atoms with van der Waals surface area (Å²) in [5.41, 5.74) is 1.82. The van der Waals surface area contributed by atoms with Crippen LogP contribution in [-0.4, -0.2) is 50.3 Å². The predicted molar refractivity (Wildman–Crippen MR) is 85.6 cm³/mol. The molecule has 0 amide bonds. The molecule has 5 nitrogen and oxygen atoms in total. The second kappa shape index (κ2) is 7.26. The standard InChI is InChI=1S/C17H22N4O/c1-13-11-21(12-14(2)22-13)8-7-20(3)17-15(9-18)5-4-6-16(17)10-19/h4-6,13-14H,7-8,11-12H2,1-3H3/t13-,14+. The second-order valence-corrected chi connectivity index (χ2v) is 5.86. The van der Waals surface area contributed by atoms with Crippen LogP contribution in [0, 0.1) is 22.7 Å². The van der Waals surface area contributed by atoms with Gasteiger partial charge in [0.15, 0.2) is 0 Å². The first-order valence-electron chi connectivity index (χ1n) is 7.57. The molecule has 0 unspecified atom stereocenters. The van der Waals surface area contributed by atoms with Crippen LogP contribution in [0.2, 0.25) is 0 Å². The highest BCUT2D eigenvalue weighted by Gasteiger charge is 2.22. The highest BCUT2D eigenvalue weighted by atomic mass is 16.5. The number of likely N-dealkylation sites (N-methyl/N-ethyl adjacent to an activating group) is 1. The number of hydrogen-bond donors (Lipinski definition) is 0. The number of morpholine rings is 1. The van der Waals surface area contributed by atoms with Crippen LogP contribution >= 0.6 is 0 Å². The lowest BCUT2D eigenvalue weighted by atomic mass is 10.1. The Bertz CT molecular complexity index is 559. The van der Waals surface area contributed by atoms with E-state index in [1.165, 1.54) is 0 Å². The molecule has 0 radical (unpaired) electrons. The smallest absolute Gasteiger partial charge is 0.101 e. The minimum absolute atomic E-state index is 0.245. The van der Waals surface area contributed by atoms with E-state index in [-0.39, 0.29) is 12.2 Å². The van der Waals surface area contributed by atoms with Crippen molar-refractivity contribution in [3.05, 3.63) is 29.3 Å². The fourth-order valence-corrected chi connectivity index (χ4v) is 3.01.